The van der Waals surface area contributed by atoms with Crippen LogP contribution in [0.5, 0.6) is 0 Å². The third kappa shape index (κ3) is 5.05. The summed E-state index contributed by atoms with van der Waals surface area (Å²) in [6.07, 6.45) is 4.90. The number of aliphatic hydroxyl groups excluding tert-OH is 1. The summed E-state index contributed by atoms with van der Waals surface area (Å²) in [5.74, 6) is -0.0910. The third-order valence-electron chi connectivity index (χ3n) is 4.52. The zero-order chi connectivity index (χ0) is 19.1. The van der Waals surface area contributed by atoms with E-state index < -0.39 is 6.10 Å². The first-order valence-corrected chi connectivity index (χ1v) is 9.31. The van der Waals surface area contributed by atoms with Gasteiger partial charge in [-0.1, -0.05) is 49.7 Å². The van der Waals surface area contributed by atoms with Gasteiger partial charge in [0, 0.05) is 24.5 Å². The number of nitrogens with one attached hydrogen (secondary N) is 1. The molecule has 0 fully saturated rings. The van der Waals surface area contributed by atoms with E-state index in [1.54, 1.807) is 10.9 Å². The van der Waals surface area contributed by atoms with Gasteiger partial charge in [-0.05, 0) is 41.3 Å². The third-order valence-corrected chi connectivity index (χ3v) is 4.52. The zero-order valence-corrected chi connectivity index (χ0v) is 15.5. The monoisotopic (exact) mass is 363 g/mol. The second-order valence-electron chi connectivity index (χ2n) is 6.53. The van der Waals surface area contributed by atoms with Gasteiger partial charge in [-0.2, -0.15) is 5.10 Å². The molecular formula is C22H25N3O2. The first kappa shape index (κ1) is 18.9. The lowest BCUT2D eigenvalue weighted by Crippen LogP contribution is -2.27. The highest BCUT2D eigenvalue weighted by atomic mass is 16.3. The summed E-state index contributed by atoms with van der Waals surface area (Å²) in [4.78, 5) is 12.2. The summed E-state index contributed by atoms with van der Waals surface area (Å²) >= 11 is 0. The van der Waals surface area contributed by atoms with Gasteiger partial charge in [-0.15, -0.1) is 0 Å². The van der Waals surface area contributed by atoms with Crippen molar-refractivity contribution in [2.75, 3.05) is 6.54 Å². The molecule has 1 heterocycles. The molecule has 0 unspecified atom stereocenters. The largest absolute Gasteiger partial charge is 0.388 e. The van der Waals surface area contributed by atoms with Crippen LogP contribution in [0.1, 0.15) is 41.8 Å². The van der Waals surface area contributed by atoms with Gasteiger partial charge in [0.15, 0.2) is 0 Å². The molecule has 140 valence electrons. The second kappa shape index (κ2) is 9.14. The van der Waals surface area contributed by atoms with E-state index in [2.05, 4.69) is 17.3 Å². The molecule has 1 amide bonds. The molecule has 5 nitrogen and oxygen atoms in total. The van der Waals surface area contributed by atoms with Crippen molar-refractivity contribution < 1.29 is 9.90 Å². The number of rotatable bonds is 8. The maximum absolute atomic E-state index is 12.2. The SMILES string of the molecule is CCC[C@H](O)c1ccc(-c2ccc(C(=O)NCCn3cccn3)cc2)cc1. The van der Waals surface area contributed by atoms with Crippen molar-refractivity contribution in [2.24, 2.45) is 0 Å². The number of hydrogen-bond acceptors (Lipinski definition) is 3. The molecule has 5 heteroatoms. The van der Waals surface area contributed by atoms with Crippen LogP contribution in [0.2, 0.25) is 0 Å². The lowest BCUT2D eigenvalue weighted by atomic mass is 9.99. The van der Waals surface area contributed by atoms with Gasteiger partial charge in [0.1, 0.15) is 0 Å². The molecule has 3 aromatic rings. The fourth-order valence-corrected chi connectivity index (χ4v) is 2.97. The number of carbonyl (C=O) groups excluding carboxylic acids is 1. The quantitative estimate of drug-likeness (QED) is 0.639. The Bertz CT molecular complexity index is 840. The standard InChI is InChI=1S/C22H25N3O2/c1-2-4-21(26)19-9-5-17(6-10-19)18-7-11-20(12-8-18)22(27)23-14-16-25-15-3-13-24-25/h3,5-13,15,21,26H,2,4,14,16H2,1H3,(H,23,27)/t21-/m0/s1. The molecule has 2 N–H and O–H groups in total. The average Bonchev–Trinajstić information content (AvgIpc) is 3.22. The van der Waals surface area contributed by atoms with Gasteiger partial charge in [-0.25, -0.2) is 0 Å². The molecule has 27 heavy (non-hydrogen) atoms. The molecule has 0 spiro atoms. The van der Waals surface area contributed by atoms with Crippen LogP contribution < -0.4 is 5.32 Å². The minimum absolute atomic E-state index is 0.0910. The number of nitrogens with zero attached hydrogens (tertiary/aromatic N) is 2. The van der Waals surface area contributed by atoms with E-state index in [4.69, 9.17) is 0 Å². The van der Waals surface area contributed by atoms with Crippen molar-refractivity contribution in [3.8, 4) is 11.1 Å². The van der Waals surface area contributed by atoms with E-state index in [1.165, 1.54) is 0 Å². The Hall–Kier alpha value is -2.92. The van der Waals surface area contributed by atoms with Crippen LogP contribution >= 0.6 is 0 Å². The molecule has 0 radical (unpaired) electrons. The number of carbonyl (C=O) groups is 1. The van der Waals surface area contributed by atoms with Gasteiger partial charge >= 0.3 is 0 Å². The number of benzene rings is 2. The molecule has 3 rings (SSSR count). The molecule has 0 saturated heterocycles. The maximum Gasteiger partial charge on any atom is 0.251 e. The Kier molecular flexibility index (Phi) is 6.39. The summed E-state index contributed by atoms with van der Waals surface area (Å²) in [5.41, 5.74) is 3.68. The van der Waals surface area contributed by atoms with Crippen molar-refractivity contribution in [3.63, 3.8) is 0 Å². The molecule has 1 atom stereocenters. The van der Waals surface area contributed by atoms with E-state index >= 15 is 0 Å². The molecule has 2 aromatic carbocycles. The predicted octanol–water partition coefficient (Wildman–Crippen LogP) is 3.81. The topological polar surface area (TPSA) is 67.2 Å². The lowest BCUT2D eigenvalue weighted by molar-refractivity contribution is 0.0952. The summed E-state index contributed by atoms with van der Waals surface area (Å²) < 4.78 is 1.78. The Labute approximate surface area is 159 Å². The summed E-state index contributed by atoms with van der Waals surface area (Å²) in [6.45, 7) is 3.24. The predicted molar refractivity (Wildman–Crippen MR) is 106 cm³/mol. The molecule has 0 bridgehead atoms. The summed E-state index contributed by atoms with van der Waals surface area (Å²) in [6, 6.07) is 17.4. The highest BCUT2D eigenvalue weighted by Gasteiger charge is 2.08. The minimum Gasteiger partial charge on any atom is -0.388 e. The Morgan fingerprint density at radius 3 is 2.37 bits per heavy atom. The Morgan fingerprint density at radius 1 is 1.11 bits per heavy atom. The van der Waals surface area contributed by atoms with Gasteiger partial charge in [0.05, 0.1) is 12.6 Å². The highest BCUT2D eigenvalue weighted by molar-refractivity contribution is 5.94. The Balaban J connectivity index is 1.58. The smallest absolute Gasteiger partial charge is 0.251 e. The van der Waals surface area contributed by atoms with Crippen LogP contribution in [0.15, 0.2) is 67.0 Å². The van der Waals surface area contributed by atoms with Crippen LogP contribution in [0.25, 0.3) is 11.1 Å². The number of amides is 1. The van der Waals surface area contributed by atoms with Crippen molar-refractivity contribution in [3.05, 3.63) is 78.1 Å². The van der Waals surface area contributed by atoms with Crippen molar-refractivity contribution >= 4 is 5.91 Å². The molecule has 0 saturated carbocycles. The highest BCUT2D eigenvalue weighted by Crippen LogP contribution is 2.24. The maximum atomic E-state index is 12.2. The number of aromatic nitrogens is 2. The Morgan fingerprint density at radius 2 is 1.78 bits per heavy atom. The van der Waals surface area contributed by atoms with Crippen LogP contribution in [0.4, 0.5) is 0 Å². The summed E-state index contributed by atoms with van der Waals surface area (Å²) in [5, 5.41) is 17.1. The van der Waals surface area contributed by atoms with E-state index in [9.17, 15) is 9.90 Å². The van der Waals surface area contributed by atoms with Crippen LogP contribution in [-0.4, -0.2) is 27.3 Å². The fourth-order valence-electron chi connectivity index (χ4n) is 2.97. The summed E-state index contributed by atoms with van der Waals surface area (Å²) in [7, 11) is 0. The van der Waals surface area contributed by atoms with E-state index in [0.717, 1.165) is 29.5 Å². The molecular weight excluding hydrogens is 338 g/mol. The lowest BCUT2D eigenvalue weighted by Gasteiger charge is -2.11. The fraction of sp³-hybridized carbons (Fsp3) is 0.273. The zero-order valence-electron chi connectivity index (χ0n) is 15.5. The number of aliphatic hydroxyl groups is 1. The van der Waals surface area contributed by atoms with Crippen molar-refractivity contribution in [1.82, 2.24) is 15.1 Å². The van der Waals surface area contributed by atoms with E-state index in [1.807, 2.05) is 60.8 Å². The van der Waals surface area contributed by atoms with Gasteiger partial charge in [-0.3, -0.25) is 9.48 Å². The molecule has 1 aromatic heterocycles. The normalized spacial score (nSPS) is 11.9. The second-order valence-corrected chi connectivity index (χ2v) is 6.53. The first-order valence-electron chi connectivity index (χ1n) is 9.31. The average molecular weight is 363 g/mol. The first-order chi connectivity index (χ1) is 13.2. The van der Waals surface area contributed by atoms with Crippen LogP contribution in [-0.2, 0) is 6.54 Å². The van der Waals surface area contributed by atoms with Crippen LogP contribution in [0, 0.1) is 0 Å². The van der Waals surface area contributed by atoms with Gasteiger partial charge in [0.25, 0.3) is 5.91 Å². The van der Waals surface area contributed by atoms with Gasteiger partial charge in [0.2, 0.25) is 0 Å². The minimum atomic E-state index is -0.406. The van der Waals surface area contributed by atoms with E-state index in [0.29, 0.717) is 18.7 Å². The number of hydrogen-bond donors (Lipinski definition) is 2. The van der Waals surface area contributed by atoms with E-state index in [-0.39, 0.29) is 5.91 Å². The molecule has 0 aliphatic carbocycles. The van der Waals surface area contributed by atoms with Crippen LogP contribution in [0.3, 0.4) is 0 Å². The van der Waals surface area contributed by atoms with Crippen molar-refractivity contribution in [2.45, 2.75) is 32.4 Å². The molecule has 0 aliphatic rings. The van der Waals surface area contributed by atoms with Gasteiger partial charge < -0.3 is 10.4 Å². The molecule has 0 aliphatic heterocycles. The van der Waals surface area contributed by atoms with Crippen molar-refractivity contribution in [1.29, 1.82) is 0 Å².